The summed E-state index contributed by atoms with van der Waals surface area (Å²) in [5.74, 6) is -0.886. The van der Waals surface area contributed by atoms with Gasteiger partial charge in [0, 0.05) is 57.2 Å². The number of fused-ring (bicyclic) bond motifs is 5. The van der Waals surface area contributed by atoms with Crippen LogP contribution >= 0.6 is 15.9 Å². The smallest absolute Gasteiger partial charge is 0.355 e. The van der Waals surface area contributed by atoms with Gasteiger partial charge in [-0.05, 0) is 174 Å². The van der Waals surface area contributed by atoms with Gasteiger partial charge >= 0.3 is 1.28 Å². The van der Waals surface area contributed by atoms with Crippen LogP contribution in [-0.4, -0.2) is 132 Å². The molecule has 5 aliphatic carbocycles. The van der Waals surface area contributed by atoms with E-state index in [4.69, 9.17) is 68.9 Å². The van der Waals surface area contributed by atoms with E-state index < -0.39 is 50.7 Å². The summed E-state index contributed by atoms with van der Waals surface area (Å²) >= 11 is 4.31. The fourth-order valence-corrected chi connectivity index (χ4v) is 21.5. The first-order chi connectivity index (χ1) is 50.3. The number of benzene rings is 1. The fourth-order valence-electron chi connectivity index (χ4n) is 20.9. The van der Waals surface area contributed by atoms with E-state index >= 15 is 0 Å². The third-order valence-corrected chi connectivity index (χ3v) is 28.8. The highest BCUT2D eigenvalue weighted by Gasteiger charge is 2.67. The van der Waals surface area contributed by atoms with E-state index in [1.807, 2.05) is 60.6 Å². The minimum Gasteiger partial charge on any atom is -0.374 e. The third kappa shape index (κ3) is 18.0. The average Bonchev–Trinajstić information content (AvgIpc) is 1.72. The highest BCUT2D eigenvalue weighted by Crippen LogP contribution is 2.64. The van der Waals surface area contributed by atoms with Gasteiger partial charge in [0.25, 0.3) is 15.9 Å². The van der Waals surface area contributed by atoms with E-state index in [-0.39, 0.29) is 106 Å². The molecule has 10 fully saturated rings. The summed E-state index contributed by atoms with van der Waals surface area (Å²) in [6.45, 7) is 67.9. The average molecular weight is 1580 g/mol. The van der Waals surface area contributed by atoms with Crippen LogP contribution in [0.2, 0.25) is 0 Å². The number of carbonyl (C=O) groups is 3. The molecule has 22 heteroatoms. The molecule has 0 amide bonds. The van der Waals surface area contributed by atoms with Crippen molar-refractivity contribution in [3.63, 3.8) is 0 Å². The van der Waals surface area contributed by atoms with Gasteiger partial charge < -0.3 is 57.1 Å². The molecule has 7 aliphatic heterocycles. The molecule has 3 saturated carbocycles. The molecule has 2 spiro atoms. The first-order valence-corrected chi connectivity index (χ1v) is 44.8. The molecule has 3 unspecified atom stereocenters. The molecular formula is C86H135N4O14P2S2+. The van der Waals surface area contributed by atoms with Gasteiger partial charge in [0.05, 0.1) is 120 Å². The summed E-state index contributed by atoms with van der Waals surface area (Å²) in [6.07, 6.45) is 26.8. The summed E-state index contributed by atoms with van der Waals surface area (Å²) < 4.78 is 83.8. The summed E-state index contributed by atoms with van der Waals surface area (Å²) in [6, 6.07) is 5.70. The topological polar surface area (TPSA) is 205 Å². The zero-order chi connectivity index (χ0) is 80.9. The highest BCUT2D eigenvalue weighted by atomic mass is 32.6. The second-order valence-corrected chi connectivity index (χ2v) is 40.2. The molecule has 12 aliphatic rings. The molecule has 0 aromatic heterocycles. The SMILES string of the molecule is C.CC[C@@]12CC[C@H](C)O[C@H]1C(C)(C)C1(CC2)OCCO1.CC[C@@]12CC[C@H](C)O[C@H]1C(C)(C)C1(CC2)OCCO1.Cc1ccc(S(=O)(=O)C#N)cc1.[3H][P+](P)=S.[C-]#[N+]C1=C[C@@]2(CC)CC[C@@H](C)O[C@@H]2C(C)(C)C1=O.[C-]#[N+]C1=C[C@]2(CC)CC[C@H](C)O[C@H]2C(C)(C)C1=O.[C-]#[N+]C1C[C@]2(CC)CC[C@H](C)O[C@H]2C(C)(C)C1=O. The largest absolute Gasteiger partial charge is 0.374 e. The van der Waals surface area contributed by atoms with Crippen molar-refractivity contribution in [1.82, 2.24) is 0 Å². The molecule has 1 aromatic rings. The number of hydrogen-bond donors (Lipinski definition) is 0. The van der Waals surface area contributed by atoms with Crippen LogP contribution in [0.1, 0.15) is 280 Å². The molecule has 0 bridgehead atoms. The Kier molecular flexibility index (Phi) is 30.8. The fraction of sp³-hybridized carbons (Fsp3) is 0.802. The lowest BCUT2D eigenvalue weighted by Crippen LogP contribution is -2.64. The summed E-state index contributed by atoms with van der Waals surface area (Å²) in [5.41, 5.74) is 0.106. The molecule has 108 heavy (non-hydrogen) atoms. The van der Waals surface area contributed by atoms with E-state index in [1.54, 1.807) is 12.1 Å². The number of nitrogens with zero attached hydrogens (tertiary/aromatic N) is 4. The Morgan fingerprint density at radius 1 is 0.528 bits per heavy atom. The lowest BCUT2D eigenvalue weighted by molar-refractivity contribution is -0.323. The summed E-state index contributed by atoms with van der Waals surface area (Å²) in [7, 11) is -1.51. The molecule has 18 atom stereocenters. The van der Waals surface area contributed by atoms with Crippen LogP contribution in [0, 0.1) is 91.5 Å². The monoisotopic (exact) mass is 1580 g/mol. The maximum absolute atomic E-state index is 12.4. The van der Waals surface area contributed by atoms with Crippen LogP contribution in [0.25, 0.3) is 14.5 Å². The minimum atomic E-state index is -3.71. The molecule has 0 radical (unpaired) electrons. The van der Waals surface area contributed by atoms with Gasteiger partial charge in [-0.2, -0.15) is 5.26 Å². The van der Waals surface area contributed by atoms with E-state index in [0.717, 1.165) is 103 Å². The zero-order valence-electron chi connectivity index (χ0n) is 69.6. The van der Waals surface area contributed by atoms with Gasteiger partial charge in [-0.15, -0.1) is 0 Å². The van der Waals surface area contributed by atoms with Gasteiger partial charge in [-0.1, -0.05) is 141 Å². The lowest BCUT2D eigenvalue weighted by Gasteiger charge is -2.61. The van der Waals surface area contributed by atoms with Crippen LogP contribution in [0.3, 0.4) is 0 Å². The molecule has 604 valence electrons. The van der Waals surface area contributed by atoms with Crippen molar-refractivity contribution in [3.05, 3.63) is 87.6 Å². The number of thiocyanates is 1. The second-order valence-electron chi connectivity index (χ2n) is 35.8. The van der Waals surface area contributed by atoms with Crippen molar-refractivity contribution >= 4 is 54.9 Å². The van der Waals surface area contributed by atoms with E-state index in [1.165, 1.54) is 68.9 Å². The molecule has 7 heterocycles. The molecule has 18 nitrogen and oxygen atoms in total. The Bertz CT molecular complexity index is 3570. The number of Topliss-reactive ketones (excluding diaryl/α,β-unsaturated/α-hetero) is 3. The second kappa shape index (κ2) is 36.4. The van der Waals surface area contributed by atoms with Crippen molar-refractivity contribution in [1.29, 1.82) is 6.54 Å². The molecule has 0 N–H and O–H groups in total. The lowest BCUT2D eigenvalue weighted by atomic mass is 9.54. The number of ketones is 3. The Labute approximate surface area is 661 Å². The molecular weight excluding hydrogens is 1440 g/mol. The van der Waals surface area contributed by atoms with Crippen molar-refractivity contribution in [2.45, 2.75) is 365 Å². The minimum absolute atomic E-state index is 0. The van der Waals surface area contributed by atoms with Crippen molar-refractivity contribution in [2.75, 3.05) is 26.4 Å². The Hall–Kier alpha value is -3.79. The third-order valence-electron chi connectivity index (χ3n) is 27.7. The van der Waals surface area contributed by atoms with Gasteiger partial charge in [0.15, 0.2) is 47.3 Å². The van der Waals surface area contributed by atoms with Gasteiger partial charge in [0.2, 0.25) is 17.2 Å². The van der Waals surface area contributed by atoms with Crippen molar-refractivity contribution in [3.8, 4) is 5.40 Å². The number of hydrogen-bond acceptors (Lipinski definition) is 16. The van der Waals surface area contributed by atoms with Gasteiger partial charge in [-0.3, -0.25) is 4.79 Å². The zero-order valence-corrected chi connectivity index (χ0v) is 72.3. The number of sulfone groups is 1. The highest BCUT2D eigenvalue weighted by molar-refractivity contribution is 8.24. The van der Waals surface area contributed by atoms with Crippen molar-refractivity contribution < 1.29 is 65.4 Å². The standard InChI is InChI=1S/2C16H28O3.C15H23NO2.2C15H21NO2.C8H7NO2S.CH4.H2P2S/c2*1-5-15-7-6-12(2)19-13(15)14(3,4)16(9-8-15)17-10-11-18-16;3*1-6-15-8-7-10(2)18-13(15)14(3,4)12(17)11(9-15)16-5;1-7-2-4-8(5-3-7)12(10,11)6-9;;1-2-3/h2*12-13H,5-11H2,1-4H3;10-11,13H,6-9H2,1-4H3;2*9-10,13H,6-8H2,1-4H3;2-5H,1H3;1H4;1H2/p+1/t2*12-,13-,15-;10-,11?,13-,15-;2*10-,13-,15-;;;/m00010.../s1/i/hT. The van der Waals surface area contributed by atoms with Gasteiger partial charge in [-0.25, -0.2) is 24.7 Å². The maximum atomic E-state index is 12.4. The van der Waals surface area contributed by atoms with Crippen LogP contribution < -0.4 is 0 Å². The predicted octanol–water partition coefficient (Wildman–Crippen LogP) is 19.8. The predicted molar refractivity (Wildman–Crippen MR) is 434 cm³/mol. The quantitative estimate of drug-likeness (QED) is 0.112. The first-order valence-electron chi connectivity index (χ1n) is 40.2. The van der Waals surface area contributed by atoms with Crippen LogP contribution in [-0.2, 0) is 78.7 Å². The molecule has 13 rings (SSSR count). The number of nitriles is 1. The van der Waals surface area contributed by atoms with E-state index in [0.29, 0.717) is 40.9 Å². The number of carbonyl (C=O) groups excluding carboxylic acids is 3. The normalized spacial score (nSPS) is 37.2. The summed E-state index contributed by atoms with van der Waals surface area (Å²) in [5, 5.41) is 9.53. The molecule has 7 saturated heterocycles. The Balaban J connectivity index is 0.000000203. The summed E-state index contributed by atoms with van der Waals surface area (Å²) in [4.78, 5) is 47.6. The molecule has 1 aromatic carbocycles. The first kappa shape index (κ1) is 91.4. The Morgan fingerprint density at radius 3 is 1.17 bits per heavy atom. The van der Waals surface area contributed by atoms with Crippen LogP contribution in [0.4, 0.5) is 0 Å². The number of rotatable bonds is 6. The van der Waals surface area contributed by atoms with Gasteiger partial charge in [0.1, 0.15) is 0 Å². The van der Waals surface area contributed by atoms with Crippen molar-refractivity contribution in [2.24, 2.45) is 54.1 Å². The maximum Gasteiger partial charge on any atom is 0.355 e. The van der Waals surface area contributed by atoms with Crippen LogP contribution in [0.5, 0.6) is 0 Å². The number of ether oxygens (including phenoxy) is 9. The number of aryl methyl sites for hydroxylation is 1. The van der Waals surface area contributed by atoms with E-state index in [9.17, 15) is 22.8 Å². The Morgan fingerprint density at radius 2 is 0.852 bits per heavy atom. The number of allylic oxidation sites excluding steroid dienone is 2. The van der Waals surface area contributed by atoms with Crippen LogP contribution in [0.15, 0.2) is 52.7 Å². The van der Waals surface area contributed by atoms with E-state index in [2.05, 4.69) is 132 Å².